The fourth-order valence-electron chi connectivity index (χ4n) is 2.49. The quantitative estimate of drug-likeness (QED) is 0.565. The van der Waals surface area contributed by atoms with E-state index in [4.69, 9.17) is 16.3 Å². The number of benzene rings is 2. The molecule has 0 aliphatic rings. The van der Waals surface area contributed by atoms with E-state index in [1.807, 2.05) is 60.5 Å². The summed E-state index contributed by atoms with van der Waals surface area (Å²) in [6, 6.07) is 15.2. The van der Waals surface area contributed by atoms with Crippen molar-refractivity contribution in [1.29, 1.82) is 0 Å². The summed E-state index contributed by atoms with van der Waals surface area (Å²) in [6.07, 6.45) is 0. The number of rotatable bonds is 7. The van der Waals surface area contributed by atoms with Crippen molar-refractivity contribution in [2.75, 3.05) is 27.7 Å². The minimum Gasteiger partial charge on any atom is -0.497 e. The lowest BCUT2D eigenvalue weighted by molar-refractivity contribution is -0.120. The second-order valence-electron chi connectivity index (χ2n) is 6.01. The number of carbonyl (C=O) groups excluding carboxylic acids is 1. The summed E-state index contributed by atoms with van der Waals surface area (Å²) >= 11 is 5.91. The van der Waals surface area contributed by atoms with Crippen LogP contribution < -0.4 is 15.4 Å². The van der Waals surface area contributed by atoms with Crippen LogP contribution >= 0.6 is 11.6 Å². The fourth-order valence-corrected chi connectivity index (χ4v) is 2.62. The van der Waals surface area contributed by atoms with Gasteiger partial charge >= 0.3 is 0 Å². The Morgan fingerprint density at radius 3 is 2.30 bits per heavy atom. The number of amides is 1. The monoisotopic (exact) mass is 388 g/mol. The highest BCUT2D eigenvalue weighted by Gasteiger charge is 2.09. The molecule has 144 valence electrons. The summed E-state index contributed by atoms with van der Waals surface area (Å²) in [6.45, 7) is 1.27. The first-order valence-electron chi connectivity index (χ1n) is 8.57. The molecular formula is C20H25ClN4O2. The number of aliphatic imine (C=N–C) groups is 1. The Morgan fingerprint density at radius 1 is 1.07 bits per heavy atom. The van der Waals surface area contributed by atoms with Gasteiger partial charge < -0.3 is 20.3 Å². The molecule has 0 aliphatic carbocycles. The van der Waals surface area contributed by atoms with Crippen molar-refractivity contribution in [1.82, 2.24) is 15.5 Å². The van der Waals surface area contributed by atoms with Crippen LogP contribution in [-0.4, -0.2) is 44.5 Å². The van der Waals surface area contributed by atoms with Crippen molar-refractivity contribution in [3.05, 3.63) is 64.7 Å². The summed E-state index contributed by atoms with van der Waals surface area (Å²) in [7, 11) is 5.23. The second kappa shape index (κ2) is 10.4. The van der Waals surface area contributed by atoms with Crippen molar-refractivity contribution in [3.8, 4) is 5.75 Å². The van der Waals surface area contributed by atoms with Crippen molar-refractivity contribution in [2.24, 2.45) is 4.99 Å². The van der Waals surface area contributed by atoms with Crippen molar-refractivity contribution >= 4 is 23.5 Å². The molecule has 0 heterocycles. The normalized spacial score (nSPS) is 11.0. The van der Waals surface area contributed by atoms with Crippen LogP contribution in [0.2, 0.25) is 5.02 Å². The van der Waals surface area contributed by atoms with Crippen LogP contribution in [0.25, 0.3) is 0 Å². The molecule has 0 atom stereocenters. The molecule has 0 radical (unpaired) electrons. The van der Waals surface area contributed by atoms with Gasteiger partial charge in [-0.3, -0.25) is 9.79 Å². The molecule has 0 unspecified atom stereocenters. The zero-order valence-electron chi connectivity index (χ0n) is 15.8. The molecular weight excluding hydrogens is 364 g/mol. The van der Waals surface area contributed by atoms with E-state index in [0.29, 0.717) is 24.1 Å². The third-order valence-corrected chi connectivity index (χ3v) is 4.21. The zero-order chi connectivity index (χ0) is 19.6. The molecule has 1 amide bonds. The van der Waals surface area contributed by atoms with Gasteiger partial charge in [-0.15, -0.1) is 0 Å². The highest BCUT2D eigenvalue weighted by molar-refractivity contribution is 6.30. The summed E-state index contributed by atoms with van der Waals surface area (Å²) in [5.74, 6) is 1.33. The van der Waals surface area contributed by atoms with E-state index in [0.717, 1.165) is 16.9 Å². The molecule has 0 aromatic heterocycles. The Kier molecular flexibility index (Phi) is 7.95. The molecule has 6 nitrogen and oxygen atoms in total. The smallest absolute Gasteiger partial charge is 0.239 e. The van der Waals surface area contributed by atoms with Crippen LogP contribution in [0.15, 0.2) is 53.5 Å². The zero-order valence-corrected chi connectivity index (χ0v) is 16.6. The topological polar surface area (TPSA) is 66.0 Å². The Morgan fingerprint density at radius 2 is 1.70 bits per heavy atom. The number of methoxy groups -OCH3 is 1. The summed E-state index contributed by atoms with van der Waals surface area (Å²) in [5, 5.41) is 6.66. The maximum atomic E-state index is 12.1. The van der Waals surface area contributed by atoms with Gasteiger partial charge in [0.05, 0.1) is 13.7 Å². The predicted octanol–water partition coefficient (Wildman–Crippen LogP) is 2.67. The van der Waals surface area contributed by atoms with E-state index in [1.54, 1.807) is 14.2 Å². The lowest BCUT2D eigenvalue weighted by Crippen LogP contribution is -2.43. The van der Waals surface area contributed by atoms with Gasteiger partial charge in [0.2, 0.25) is 5.91 Å². The number of ether oxygens (including phenoxy) is 1. The molecule has 2 aromatic rings. The van der Waals surface area contributed by atoms with Gasteiger partial charge in [0, 0.05) is 32.2 Å². The SMILES string of the molecule is CN=C(NCC(=O)NCc1ccc(OC)cc1)N(C)Cc1ccc(Cl)cc1. The van der Waals surface area contributed by atoms with Crippen molar-refractivity contribution in [3.63, 3.8) is 0 Å². The van der Waals surface area contributed by atoms with Crippen LogP contribution in [0.4, 0.5) is 0 Å². The highest BCUT2D eigenvalue weighted by Crippen LogP contribution is 2.11. The molecule has 2 rings (SSSR count). The summed E-state index contributed by atoms with van der Waals surface area (Å²) in [4.78, 5) is 18.3. The molecule has 0 bridgehead atoms. The molecule has 0 fully saturated rings. The van der Waals surface area contributed by atoms with Gasteiger partial charge in [0.25, 0.3) is 0 Å². The molecule has 2 aromatic carbocycles. The third-order valence-electron chi connectivity index (χ3n) is 3.96. The van der Waals surface area contributed by atoms with Crippen LogP contribution in [0, 0.1) is 0 Å². The Hall–Kier alpha value is -2.73. The molecule has 0 saturated heterocycles. The Bertz CT molecular complexity index is 761. The summed E-state index contributed by atoms with van der Waals surface area (Å²) < 4.78 is 5.12. The van der Waals surface area contributed by atoms with Gasteiger partial charge in [-0.05, 0) is 35.4 Å². The van der Waals surface area contributed by atoms with E-state index in [9.17, 15) is 4.79 Å². The van der Waals surface area contributed by atoms with Crippen LogP contribution in [-0.2, 0) is 17.9 Å². The van der Waals surface area contributed by atoms with Crippen molar-refractivity contribution in [2.45, 2.75) is 13.1 Å². The second-order valence-corrected chi connectivity index (χ2v) is 6.44. The van der Waals surface area contributed by atoms with E-state index < -0.39 is 0 Å². The molecule has 0 saturated carbocycles. The number of hydrogen-bond donors (Lipinski definition) is 2. The van der Waals surface area contributed by atoms with Crippen LogP contribution in [0.3, 0.4) is 0 Å². The van der Waals surface area contributed by atoms with E-state index in [2.05, 4.69) is 15.6 Å². The summed E-state index contributed by atoms with van der Waals surface area (Å²) in [5.41, 5.74) is 2.11. The maximum Gasteiger partial charge on any atom is 0.239 e. The van der Waals surface area contributed by atoms with E-state index in [-0.39, 0.29) is 12.5 Å². The molecule has 27 heavy (non-hydrogen) atoms. The number of nitrogens with zero attached hydrogens (tertiary/aromatic N) is 2. The van der Waals surface area contributed by atoms with E-state index in [1.165, 1.54) is 0 Å². The van der Waals surface area contributed by atoms with Gasteiger partial charge in [0.1, 0.15) is 5.75 Å². The molecule has 0 aliphatic heterocycles. The van der Waals surface area contributed by atoms with Crippen LogP contribution in [0.5, 0.6) is 5.75 Å². The van der Waals surface area contributed by atoms with Crippen molar-refractivity contribution < 1.29 is 9.53 Å². The average Bonchev–Trinajstić information content (AvgIpc) is 2.69. The van der Waals surface area contributed by atoms with E-state index >= 15 is 0 Å². The van der Waals surface area contributed by atoms with Gasteiger partial charge in [-0.25, -0.2) is 0 Å². The first kappa shape index (κ1) is 20.6. The number of guanidine groups is 1. The largest absolute Gasteiger partial charge is 0.497 e. The predicted molar refractivity (Wildman–Crippen MR) is 109 cm³/mol. The average molecular weight is 389 g/mol. The minimum absolute atomic E-state index is 0.105. The fraction of sp³-hybridized carbons (Fsp3) is 0.300. The lowest BCUT2D eigenvalue weighted by Gasteiger charge is -2.22. The Labute approximate surface area is 165 Å². The Balaban J connectivity index is 1.78. The first-order valence-corrected chi connectivity index (χ1v) is 8.95. The van der Waals surface area contributed by atoms with Gasteiger partial charge in [0.15, 0.2) is 5.96 Å². The number of halogens is 1. The number of hydrogen-bond acceptors (Lipinski definition) is 3. The first-order chi connectivity index (χ1) is 13.0. The maximum absolute atomic E-state index is 12.1. The number of carbonyl (C=O) groups is 1. The lowest BCUT2D eigenvalue weighted by atomic mass is 10.2. The van der Waals surface area contributed by atoms with Crippen LogP contribution in [0.1, 0.15) is 11.1 Å². The number of nitrogens with one attached hydrogen (secondary N) is 2. The highest BCUT2D eigenvalue weighted by atomic mass is 35.5. The van der Waals surface area contributed by atoms with Gasteiger partial charge in [-0.2, -0.15) is 0 Å². The minimum atomic E-state index is -0.105. The third kappa shape index (κ3) is 6.83. The molecule has 0 spiro atoms. The molecule has 7 heteroatoms. The standard InChI is InChI=1S/C20H25ClN4O2/c1-22-20(25(2)14-16-4-8-17(21)9-5-16)24-13-19(26)23-12-15-6-10-18(27-3)11-7-15/h4-11H,12-14H2,1-3H3,(H,22,24)(H,23,26). The van der Waals surface area contributed by atoms with Gasteiger partial charge in [-0.1, -0.05) is 35.9 Å². The molecule has 2 N–H and O–H groups in total.